The molecule has 3 aliphatic rings. The predicted octanol–water partition coefficient (Wildman–Crippen LogP) is 3.12. The lowest BCUT2D eigenvalue weighted by molar-refractivity contribution is -0.157. The molecule has 3 fully saturated rings. The van der Waals surface area contributed by atoms with Crippen LogP contribution < -0.4 is 5.32 Å². The number of carbonyl (C=O) groups excluding carboxylic acids is 3. The standard InChI is InChI=1S/C19H19Br2NO5/c1-7-4-12(8(2)3-11(7)20)22-13(23)6-26-18(24)14-9-5-10-15(14)19(25)27-17(10)16(9)21/h3-4,9-10,14-17H,5-6H2,1-2H3,(H,22,23)/t9-,10-,14-,15+,16-,17+/m1/s1. The van der Waals surface area contributed by atoms with Gasteiger partial charge in [0.2, 0.25) is 0 Å². The number of anilines is 1. The van der Waals surface area contributed by atoms with Crippen LogP contribution in [-0.2, 0) is 23.9 Å². The summed E-state index contributed by atoms with van der Waals surface area (Å²) in [6.07, 6.45) is 0.642. The van der Waals surface area contributed by atoms with E-state index in [1.54, 1.807) is 0 Å². The molecule has 0 aromatic heterocycles. The van der Waals surface area contributed by atoms with Gasteiger partial charge >= 0.3 is 11.9 Å². The zero-order chi connectivity index (χ0) is 19.5. The summed E-state index contributed by atoms with van der Waals surface area (Å²) in [5.41, 5.74) is 2.58. The first kappa shape index (κ1) is 18.9. The van der Waals surface area contributed by atoms with Crippen LogP contribution in [0, 0.1) is 37.5 Å². The molecule has 1 aromatic carbocycles. The second-order valence-electron chi connectivity index (χ2n) is 7.53. The number of benzene rings is 1. The summed E-state index contributed by atoms with van der Waals surface area (Å²) in [5.74, 6) is -2.08. The minimum Gasteiger partial charge on any atom is -0.461 e. The molecule has 1 aromatic rings. The lowest BCUT2D eigenvalue weighted by Gasteiger charge is -2.26. The van der Waals surface area contributed by atoms with Crippen LogP contribution in [0.5, 0.6) is 0 Å². The molecule has 144 valence electrons. The first-order valence-corrected chi connectivity index (χ1v) is 10.6. The summed E-state index contributed by atoms with van der Waals surface area (Å²) in [6, 6.07) is 3.78. The Morgan fingerprint density at radius 2 is 2.00 bits per heavy atom. The number of hydrogen-bond donors (Lipinski definition) is 1. The second kappa shape index (κ2) is 6.88. The van der Waals surface area contributed by atoms with E-state index in [0.29, 0.717) is 5.69 Å². The van der Waals surface area contributed by atoms with E-state index in [1.807, 2.05) is 26.0 Å². The summed E-state index contributed by atoms with van der Waals surface area (Å²) in [7, 11) is 0. The van der Waals surface area contributed by atoms with E-state index in [4.69, 9.17) is 9.47 Å². The summed E-state index contributed by atoms with van der Waals surface area (Å²) in [6.45, 7) is 3.44. The van der Waals surface area contributed by atoms with E-state index < -0.39 is 23.7 Å². The van der Waals surface area contributed by atoms with Crippen molar-refractivity contribution in [2.75, 3.05) is 11.9 Å². The summed E-state index contributed by atoms with van der Waals surface area (Å²) in [4.78, 5) is 36.9. The number of alkyl halides is 1. The number of aryl methyl sites for hydroxylation is 2. The number of carbonyl (C=O) groups is 3. The van der Waals surface area contributed by atoms with Gasteiger partial charge in [0.25, 0.3) is 5.91 Å². The van der Waals surface area contributed by atoms with Crippen LogP contribution in [0.2, 0.25) is 0 Å². The number of nitrogens with one attached hydrogen (secondary N) is 1. The summed E-state index contributed by atoms with van der Waals surface area (Å²) in [5, 5.41) is 2.77. The normalized spacial score (nSPS) is 33.1. The SMILES string of the molecule is Cc1cc(NC(=O)COC(=O)[C@@H]2[C@H]3C[C@H]4[C@H](OC(=O)[C@@H]42)[C@@H]3Br)c(C)cc1Br. The Balaban J connectivity index is 1.38. The molecule has 27 heavy (non-hydrogen) atoms. The maximum absolute atomic E-state index is 12.6. The van der Waals surface area contributed by atoms with Crippen LogP contribution in [0.25, 0.3) is 0 Å². The first-order valence-electron chi connectivity index (χ1n) is 8.85. The van der Waals surface area contributed by atoms with Crippen molar-refractivity contribution in [2.24, 2.45) is 23.7 Å². The highest BCUT2D eigenvalue weighted by atomic mass is 79.9. The summed E-state index contributed by atoms with van der Waals surface area (Å²) < 4.78 is 11.6. The van der Waals surface area contributed by atoms with Gasteiger partial charge in [0.1, 0.15) is 6.10 Å². The van der Waals surface area contributed by atoms with E-state index in [0.717, 1.165) is 22.0 Å². The van der Waals surface area contributed by atoms with Gasteiger partial charge in [-0.2, -0.15) is 0 Å². The van der Waals surface area contributed by atoms with Crippen molar-refractivity contribution in [2.45, 2.75) is 31.2 Å². The Kier molecular flexibility index (Phi) is 4.83. The van der Waals surface area contributed by atoms with Crippen molar-refractivity contribution in [3.8, 4) is 0 Å². The van der Waals surface area contributed by atoms with Crippen LogP contribution >= 0.6 is 31.9 Å². The van der Waals surface area contributed by atoms with E-state index >= 15 is 0 Å². The fraction of sp³-hybridized carbons (Fsp3) is 0.526. The average molecular weight is 501 g/mol. The van der Waals surface area contributed by atoms with Gasteiger partial charge in [-0.25, -0.2) is 0 Å². The number of amides is 1. The van der Waals surface area contributed by atoms with Crippen molar-refractivity contribution >= 4 is 55.4 Å². The monoisotopic (exact) mass is 499 g/mol. The van der Waals surface area contributed by atoms with Gasteiger partial charge in [0.05, 0.1) is 16.7 Å². The highest BCUT2D eigenvalue weighted by Crippen LogP contribution is 2.60. The van der Waals surface area contributed by atoms with Crippen molar-refractivity contribution in [3.63, 3.8) is 0 Å². The predicted molar refractivity (Wildman–Crippen MR) is 104 cm³/mol. The molecule has 6 atom stereocenters. The molecule has 1 aliphatic heterocycles. The molecular weight excluding hydrogens is 482 g/mol. The van der Waals surface area contributed by atoms with E-state index in [-0.39, 0.29) is 35.3 Å². The Morgan fingerprint density at radius 3 is 2.74 bits per heavy atom. The van der Waals surface area contributed by atoms with Gasteiger partial charge < -0.3 is 14.8 Å². The molecule has 1 saturated heterocycles. The molecule has 6 nitrogen and oxygen atoms in total. The molecule has 2 aliphatic carbocycles. The van der Waals surface area contributed by atoms with Crippen LogP contribution in [-0.4, -0.2) is 35.4 Å². The lowest BCUT2D eigenvalue weighted by Crippen LogP contribution is -2.39. The lowest BCUT2D eigenvalue weighted by atomic mass is 9.80. The van der Waals surface area contributed by atoms with Gasteiger partial charge in [-0.05, 0) is 49.4 Å². The quantitative estimate of drug-likeness (QED) is 0.507. The number of hydrogen-bond acceptors (Lipinski definition) is 5. The smallest absolute Gasteiger partial charge is 0.310 e. The van der Waals surface area contributed by atoms with Crippen molar-refractivity contribution in [3.05, 3.63) is 27.7 Å². The van der Waals surface area contributed by atoms with Crippen molar-refractivity contribution < 1.29 is 23.9 Å². The van der Waals surface area contributed by atoms with Gasteiger partial charge in [0.15, 0.2) is 6.61 Å². The zero-order valence-electron chi connectivity index (χ0n) is 14.8. The Labute approximate surface area is 173 Å². The van der Waals surface area contributed by atoms with E-state index in [9.17, 15) is 14.4 Å². The van der Waals surface area contributed by atoms with Crippen LogP contribution in [0.4, 0.5) is 5.69 Å². The zero-order valence-corrected chi connectivity index (χ0v) is 18.0. The number of esters is 2. The number of halogens is 2. The number of rotatable bonds is 4. The van der Waals surface area contributed by atoms with Crippen LogP contribution in [0.15, 0.2) is 16.6 Å². The third-order valence-electron chi connectivity index (χ3n) is 5.92. The highest BCUT2D eigenvalue weighted by Gasteiger charge is 2.68. The molecule has 1 N–H and O–H groups in total. The molecule has 4 rings (SSSR count). The van der Waals surface area contributed by atoms with E-state index in [2.05, 4.69) is 37.2 Å². The second-order valence-corrected chi connectivity index (χ2v) is 9.44. The third-order valence-corrected chi connectivity index (χ3v) is 7.97. The molecule has 8 heteroatoms. The third kappa shape index (κ3) is 3.10. The fourth-order valence-corrected chi connectivity index (χ4v) is 6.13. The first-order chi connectivity index (χ1) is 12.8. The Hall–Kier alpha value is -1.41. The van der Waals surface area contributed by atoms with Gasteiger partial charge in [-0.1, -0.05) is 31.9 Å². The van der Waals surface area contributed by atoms with Gasteiger partial charge in [-0.3, -0.25) is 14.4 Å². The molecule has 1 heterocycles. The van der Waals surface area contributed by atoms with E-state index in [1.165, 1.54) is 0 Å². The van der Waals surface area contributed by atoms with Gasteiger partial charge in [0, 0.05) is 16.1 Å². The number of fused-ring (bicyclic) bond motifs is 1. The topological polar surface area (TPSA) is 81.7 Å². The average Bonchev–Trinajstić information content (AvgIpc) is 3.22. The maximum atomic E-state index is 12.6. The summed E-state index contributed by atoms with van der Waals surface area (Å²) >= 11 is 7.01. The molecule has 2 saturated carbocycles. The van der Waals surface area contributed by atoms with Crippen LogP contribution in [0.3, 0.4) is 0 Å². The largest absolute Gasteiger partial charge is 0.461 e. The molecule has 2 bridgehead atoms. The molecular formula is C19H19Br2NO5. The minimum absolute atomic E-state index is 0.0170. The number of ether oxygens (including phenoxy) is 2. The van der Waals surface area contributed by atoms with Crippen molar-refractivity contribution in [1.29, 1.82) is 0 Å². The Bertz CT molecular complexity index is 842. The molecule has 0 radical (unpaired) electrons. The fourth-order valence-electron chi connectivity index (χ4n) is 4.63. The minimum atomic E-state index is -0.532. The molecule has 0 spiro atoms. The molecule has 1 amide bonds. The highest BCUT2D eigenvalue weighted by molar-refractivity contribution is 9.10. The van der Waals surface area contributed by atoms with Gasteiger partial charge in [-0.15, -0.1) is 0 Å². The van der Waals surface area contributed by atoms with Crippen molar-refractivity contribution in [1.82, 2.24) is 0 Å². The maximum Gasteiger partial charge on any atom is 0.310 e. The molecule has 0 unspecified atom stereocenters. The Morgan fingerprint density at radius 1 is 1.26 bits per heavy atom. The van der Waals surface area contributed by atoms with Crippen LogP contribution in [0.1, 0.15) is 17.5 Å².